The Bertz CT molecular complexity index is 657. The van der Waals surface area contributed by atoms with Gasteiger partial charge >= 0.3 is 0 Å². The second kappa shape index (κ2) is 6.19. The molecule has 108 valence electrons. The van der Waals surface area contributed by atoms with E-state index in [0.29, 0.717) is 18.1 Å². The van der Waals surface area contributed by atoms with Crippen molar-refractivity contribution in [2.45, 2.75) is 13.0 Å². The average Bonchev–Trinajstić information content (AvgIpc) is 2.52. The van der Waals surface area contributed by atoms with Crippen molar-refractivity contribution in [1.82, 2.24) is 4.90 Å². The summed E-state index contributed by atoms with van der Waals surface area (Å²) in [5.41, 5.74) is 3.47. The number of fused-ring (bicyclic) bond motifs is 1. The zero-order chi connectivity index (χ0) is 14.7. The predicted octanol–water partition coefficient (Wildman–Crippen LogP) is 3.34. The maximum Gasteiger partial charge on any atom is 0.242 e. The molecule has 0 bridgehead atoms. The summed E-state index contributed by atoms with van der Waals surface area (Å²) in [5, 5.41) is 3.80. The highest BCUT2D eigenvalue weighted by molar-refractivity contribution is 6.30. The Labute approximate surface area is 129 Å². The molecule has 2 aromatic rings. The van der Waals surface area contributed by atoms with Crippen LogP contribution < -0.4 is 5.32 Å². The molecule has 2 aromatic carbocycles. The number of halogens is 1. The lowest BCUT2D eigenvalue weighted by Gasteiger charge is -2.29. The maximum atomic E-state index is 12.3. The number of rotatable bonds is 3. The van der Waals surface area contributed by atoms with Crippen LogP contribution >= 0.6 is 11.6 Å². The zero-order valence-corrected chi connectivity index (χ0v) is 12.4. The molecule has 21 heavy (non-hydrogen) atoms. The topological polar surface area (TPSA) is 32.3 Å². The number of hydrogen-bond acceptors (Lipinski definition) is 2. The van der Waals surface area contributed by atoms with Crippen LogP contribution in [0, 0.1) is 0 Å². The van der Waals surface area contributed by atoms with Crippen molar-refractivity contribution in [2.24, 2.45) is 0 Å². The fourth-order valence-electron chi connectivity index (χ4n) is 2.60. The van der Waals surface area contributed by atoms with Crippen LogP contribution in [0.3, 0.4) is 0 Å². The molecule has 1 aliphatic rings. The minimum atomic E-state index is 0.115. The number of carbonyl (C=O) groups excluding carboxylic acids is 1. The summed E-state index contributed by atoms with van der Waals surface area (Å²) in [4.78, 5) is 14.2. The molecule has 0 aliphatic carbocycles. The molecule has 1 aliphatic heterocycles. The van der Waals surface area contributed by atoms with Crippen LogP contribution in [0.5, 0.6) is 0 Å². The first kappa shape index (κ1) is 14.0. The van der Waals surface area contributed by atoms with E-state index in [1.165, 1.54) is 11.1 Å². The molecule has 0 aromatic heterocycles. The highest BCUT2D eigenvalue weighted by atomic mass is 35.5. The first-order chi connectivity index (χ1) is 10.2. The Morgan fingerprint density at radius 3 is 2.76 bits per heavy atom. The van der Waals surface area contributed by atoms with Gasteiger partial charge in [-0.1, -0.05) is 41.9 Å². The number of nitrogens with zero attached hydrogens (tertiary/aromatic N) is 1. The van der Waals surface area contributed by atoms with Gasteiger partial charge in [0.05, 0.1) is 6.54 Å². The molecule has 0 saturated heterocycles. The maximum absolute atomic E-state index is 12.3. The molecule has 0 radical (unpaired) electrons. The summed E-state index contributed by atoms with van der Waals surface area (Å²) in [6.45, 7) is 1.78. The van der Waals surface area contributed by atoms with E-state index in [-0.39, 0.29) is 5.91 Å². The van der Waals surface area contributed by atoms with Crippen molar-refractivity contribution in [3.63, 3.8) is 0 Å². The number of nitrogens with one attached hydrogen (secondary N) is 1. The third kappa shape index (κ3) is 3.37. The van der Waals surface area contributed by atoms with Crippen LogP contribution in [-0.2, 0) is 17.8 Å². The van der Waals surface area contributed by atoms with Crippen molar-refractivity contribution >= 4 is 23.2 Å². The molecule has 1 N–H and O–H groups in total. The van der Waals surface area contributed by atoms with Gasteiger partial charge in [-0.25, -0.2) is 0 Å². The van der Waals surface area contributed by atoms with Gasteiger partial charge in [0.15, 0.2) is 0 Å². The fraction of sp³-hybridized carbons (Fsp3) is 0.235. The van der Waals surface area contributed by atoms with Gasteiger partial charge in [0.1, 0.15) is 0 Å². The third-order valence-corrected chi connectivity index (χ3v) is 3.99. The molecule has 0 spiro atoms. The molecule has 1 amide bonds. The van der Waals surface area contributed by atoms with E-state index < -0.39 is 0 Å². The highest BCUT2D eigenvalue weighted by Gasteiger charge is 2.19. The van der Waals surface area contributed by atoms with Gasteiger partial charge in [0, 0.05) is 23.8 Å². The van der Waals surface area contributed by atoms with E-state index in [1.807, 2.05) is 35.2 Å². The van der Waals surface area contributed by atoms with Gasteiger partial charge in [0.25, 0.3) is 0 Å². The molecule has 4 heteroatoms. The van der Waals surface area contributed by atoms with Crippen molar-refractivity contribution in [3.05, 3.63) is 64.7 Å². The third-order valence-electron chi connectivity index (χ3n) is 3.75. The van der Waals surface area contributed by atoms with Crippen LogP contribution in [0.2, 0.25) is 5.02 Å². The van der Waals surface area contributed by atoms with Gasteiger partial charge in [-0.3, -0.25) is 4.79 Å². The lowest BCUT2D eigenvalue weighted by Crippen LogP contribution is -2.39. The van der Waals surface area contributed by atoms with Gasteiger partial charge in [-0.15, -0.1) is 0 Å². The van der Waals surface area contributed by atoms with E-state index in [1.54, 1.807) is 0 Å². The van der Waals surface area contributed by atoms with Crippen molar-refractivity contribution in [2.75, 3.05) is 18.4 Å². The first-order valence-corrected chi connectivity index (χ1v) is 7.44. The molecule has 0 saturated carbocycles. The predicted molar refractivity (Wildman–Crippen MR) is 85.5 cm³/mol. The monoisotopic (exact) mass is 300 g/mol. The minimum Gasteiger partial charge on any atom is -0.376 e. The van der Waals surface area contributed by atoms with Crippen LogP contribution in [0.1, 0.15) is 11.1 Å². The minimum absolute atomic E-state index is 0.115. The molecule has 1 heterocycles. The van der Waals surface area contributed by atoms with Crippen LogP contribution in [0.4, 0.5) is 5.69 Å². The summed E-state index contributed by atoms with van der Waals surface area (Å²) in [5.74, 6) is 0.115. The SMILES string of the molecule is O=C(CNc1cccc(Cl)c1)N1CCc2ccccc2C1. The van der Waals surface area contributed by atoms with E-state index in [0.717, 1.165) is 18.7 Å². The van der Waals surface area contributed by atoms with Gasteiger partial charge in [-0.2, -0.15) is 0 Å². The normalized spacial score (nSPS) is 13.7. The number of hydrogen-bond donors (Lipinski definition) is 1. The lowest BCUT2D eigenvalue weighted by atomic mass is 10.00. The summed E-state index contributed by atoms with van der Waals surface area (Å²) in [6.07, 6.45) is 0.930. The average molecular weight is 301 g/mol. The molecular formula is C17H17ClN2O. The van der Waals surface area contributed by atoms with E-state index in [4.69, 9.17) is 11.6 Å². The van der Waals surface area contributed by atoms with Crippen molar-refractivity contribution in [3.8, 4) is 0 Å². The summed E-state index contributed by atoms with van der Waals surface area (Å²) < 4.78 is 0. The van der Waals surface area contributed by atoms with Gasteiger partial charge in [-0.05, 0) is 35.7 Å². The quantitative estimate of drug-likeness (QED) is 0.943. The molecule has 0 unspecified atom stereocenters. The Morgan fingerprint density at radius 2 is 1.95 bits per heavy atom. The molecule has 0 fully saturated rings. The Morgan fingerprint density at radius 1 is 1.14 bits per heavy atom. The summed E-state index contributed by atoms with van der Waals surface area (Å²) in [7, 11) is 0. The number of benzene rings is 2. The number of anilines is 1. The fourth-order valence-corrected chi connectivity index (χ4v) is 2.79. The highest BCUT2D eigenvalue weighted by Crippen LogP contribution is 2.19. The van der Waals surface area contributed by atoms with Gasteiger partial charge in [0.2, 0.25) is 5.91 Å². The van der Waals surface area contributed by atoms with E-state index in [9.17, 15) is 4.79 Å². The van der Waals surface area contributed by atoms with Gasteiger partial charge < -0.3 is 10.2 Å². The largest absolute Gasteiger partial charge is 0.376 e. The van der Waals surface area contributed by atoms with Crippen molar-refractivity contribution < 1.29 is 4.79 Å². The molecule has 3 rings (SSSR count). The van der Waals surface area contributed by atoms with Crippen LogP contribution in [0.25, 0.3) is 0 Å². The smallest absolute Gasteiger partial charge is 0.242 e. The Kier molecular flexibility index (Phi) is 4.11. The van der Waals surface area contributed by atoms with E-state index in [2.05, 4.69) is 23.5 Å². The second-order valence-corrected chi connectivity index (χ2v) is 5.63. The molecule has 3 nitrogen and oxygen atoms in total. The standard InChI is InChI=1S/C17H17ClN2O/c18-15-6-3-7-16(10-15)19-11-17(21)20-9-8-13-4-1-2-5-14(13)12-20/h1-7,10,19H,8-9,11-12H2. The summed E-state index contributed by atoms with van der Waals surface area (Å²) >= 11 is 5.93. The summed E-state index contributed by atoms with van der Waals surface area (Å²) in [6, 6.07) is 15.7. The lowest BCUT2D eigenvalue weighted by molar-refractivity contribution is -0.130. The number of carbonyl (C=O) groups is 1. The first-order valence-electron chi connectivity index (χ1n) is 7.06. The van der Waals surface area contributed by atoms with Crippen molar-refractivity contribution in [1.29, 1.82) is 0 Å². The molecular weight excluding hydrogens is 284 g/mol. The zero-order valence-electron chi connectivity index (χ0n) is 11.7. The number of amides is 1. The van der Waals surface area contributed by atoms with Crippen LogP contribution in [-0.4, -0.2) is 23.9 Å². The Hall–Kier alpha value is -2.00. The van der Waals surface area contributed by atoms with E-state index >= 15 is 0 Å². The Balaban J connectivity index is 1.59. The van der Waals surface area contributed by atoms with Crippen LogP contribution in [0.15, 0.2) is 48.5 Å². The molecule has 0 atom stereocenters. The second-order valence-electron chi connectivity index (χ2n) is 5.20.